The Morgan fingerprint density at radius 2 is 2.24 bits per heavy atom. The first-order valence-corrected chi connectivity index (χ1v) is 5.74. The lowest BCUT2D eigenvalue weighted by molar-refractivity contribution is 0.0773. The van der Waals surface area contributed by atoms with Crippen molar-refractivity contribution in [2.45, 2.75) is 6.92 Å². The zero-order chi connectivity index (χ0) is 13.0. The fourth-order valence-corrected chi connectivity index (χ4v) is 1.66. The van der Waals surface area contributed by atoms with Crippen LogP contribution in [-0.4, -0.2) is 30.9 Å². The molecule has 0 saturated carbocycles. The molecular weight excluding hydrogens is 243 g/mol. The van der Waals surface area contributed by atoms with Crippen LogP contribution in [0.2, 0.25) is 5.02 Å². The van der Waals surface area contributed by atoms with Crippen molar-refractivity contribution in [3.63, 3.8) is 0 Å². The summed E-state index contributed by atoms with van der Waals surface area (Å²) in [7, 11) is 1.62. The van der Waals surface area contributed by atoms with E-state index < -0.39 is 5.82 Å². The van der Waals surface area contributed by atoms with E-state index in [9.17, 15) is 9.18 Å². The molecule has 0 aliphatic carbocycles. The van der Waals surface area contributed by atoms with Gasteiger partial charge in [0.15, 0.2) is 0 Å². The zero-order valence-electron chi connectivity index (χ0n) is 9.91. The highest BCUT2D eigenvalue weighted by Crippen LogP contribution is 2.16. The van der Waals surface area contributed by atoms with Gasteiger partial charge in [0.05, 0.1) is 5.56 Å². The predicted octanol–water partition coefficient (Wildman–Crippen LogP) is 2.15. The number of halogens is 2. The quantitative estimate of drug-likeness (QED) is 0.900. The summed E-state index contributed by atoms with van der Waals surface area (Å²) >= 11 is 5.74. The Hall–Kier alpha value is -1.13. The minimum atomic E-state index is -0.563. The minimum absolute atomic E-state index is 0.00998. The molecule has 0 bridgehead atoms. The van der Waals surface area contributed by atoms with Crippen LogP contribution in [0.15, 0.2) is 18.2 Å². The minimum Gasteiger partial charge on any atom is -0.341 e. The maximum Gasteiger partial charge on any atom is 0.256 e. The standard InChI is InChI=1S/C12H16ClFN2O/c1-8(6-15)7-16(2)12(17)10-5-9(13)3-4-11(10)14/h3-5,8H,6-7,15H2,1-2H3. The van der Waals surface area contributed by atoms with Crippen LogP contribution in [0.5, 0.6) is 0 Å². The summed E-state index contributed by atoms with van der Waals surface area (Å²) in [4.78, 5) is 13.4. The van der Waals surface area contributed by atoms with Gasteiger partial charge in [-0.15, -0.1) is 0 Å². The van der Waals surface area contributed by atoms with Crippen LogP contribution in [0.3, 0.4) is 0 Å². The highest BCUT2D eigenvalue weighted by atomic mass is 35.5. The number of hydrogen-bond acceptors (Lipinski definition) is 2. The molecule has 0 aliphatic heterocycles. The van der Waals surface area contributed by atoms with Crippen molar-refractivity contribution in [1.29, 1.82) is 0 Å². The van der Waals surface area contributed by atoms with E-state index in [0.717, 1.165) is 0 Å². The summed E-state index contributed by atoms with van der Waals surface area (Å²) in [6.45, 7) is 2.90. The second-order valence-corrected chi connectivity index (χ2v) is 4.59. The Kier molecular flexibility index (Phi) is 4.90. The van der Waals surface area contributed by atoms with E-state index in [1.54, 1.807) is 7.05 Å². The topological polar surface area (TPSA) is 46.3 Å². The number of carbonyl (C=O) groups is 1. The van der Waals surface area contributed by atoms with Crippen molar-refractivity contribution in [1.82, 2.24) is 4.90 Å². The number of hydrogen-bond donors (Lipinski definition) is 1. The van der Waals surface area contributed by atoms with Crippen LogP contribution in [0.1, 0.15) is 17.3 Å². The third kappa shape index (κ3) is 3.68. The maximum absolute atomic E-state index is 13.5. The third-order valence-corrected chi connectivity index (χ3v) is 2.73. The number of carbonyl (C=O) groups excluding carboxylic acids is 1. The molecule has 0 fully saturated rings. The van der Waals surface area contributed by atoms with Crippen molar-refractivity contribution in [2.24, 2.45) is 11.7 Å². The van der Waals surface area contributed by atoms with Gasteiger partial charge in [-0.05, 0) is 30.7 Å². The first kappa shape index (κ1) is 13.9. The molecule has 0 spiro atoms. The third-order valence-electron chi connectivity index (χ3n) is 2.49. The van der Waals surface area contributed by atoms with Crippen LogP contribution >= 0.6 is 11.6 Å². The lowest BCUT2D eigenvalue weighted by atomic mass is 10.1. The Balaban J connectivity index is 2.85. The van der Waals surface area contributed by atoms with Gasteiger partial charge in [-0.1, -0.05) is 18.5 Å². The van der Waals surface area contributed by atoms with Crippen molar-refractivity contribution in [3.05, 3.63) is 34.6 Å². The largest absolute Gasteiger partial charge is 0.341 e. The molecule has 5 heteroatoms. The maximum atomic E-state index is 13.5. The van der Waals surface area contributed by atoms with Crippen molar-refractivity contribution < 1.29 is 9.18 Å². The van der Waals surface area contributed by atoms with Gasteiger partial charge in [-0.25, -0.2) is 4.39 Å². The fraction of sp³-hybridized carbons (Fsp3) is 0.417. The molecule has 2 N–H and O–H groups in total. The van der Waals surface area contributed by atoms with Gasteiger partial charge in [-0.3, -0.25) is 4.79 Å². The molecule has 0 aromatic heterocycles. The molecule has 0 radical (unpaired) electrons. The lowest BCUT2D eigenvalue weighted by Gasteiger charge is -2.21. The molecule has 0 aliphatic rings. The number of nitrogens with zero attached hydrogens (tertiary/aromatic N) is 1. The van der Waals surface area contributed by atoms with Crippen LogP contribution in [-0.2, 0) is 0 Å². The summed E-state index contributed by atoms with van der Waals surface area (Å²) in [5, 5.41) is 0.343. The number of rotatable bonds is 4. The van der Waals surface area contributed by atoms with Gasteiger partial charge in [0.2, 0.25) is 0 Å². The molecule has 0 heterocycles. The SMILES string of the molecule is CC(CN)CN(C)C(=O)c1cc(Cl)ccc1F. The molecule has 17 heavy (non-hydrogen) atoms. The normalized spacial score (nSPS) is 12.3. The fourth-order valence-electron chi connectivity index (χ4n) is 1.49. The summed E-state index contributed by atoms with van der Waals surface area (Å²) in [5.74, 6) is -0.775. The van der Waals surface area contributed by atoms with E-state index in [1.807, 2.05) is 6.92 Å². The van der Waals surface area contributed by atoms with E-state index in [-0.39, 0.29) is 17.4 Å². The molecule has 94 valence electrons. The van der Waals surface area contributed by atoms with Gasteiger partial charge in [0, 0.05) is 18.6 Å². The van der Waals surface area contributed by atoms with E-state index in [0.29, 0.717) is 18.1 Å². The monoisotopic (exact) mass is 258 g/mol. The van der Waals surface area contributed by atoms with Gasteiger partial charge in [-0.2, -0.15) is 0 Å². The summed E-state index contributed by atoms with van der Waals surface area (Å²) < 4.78 is 13.5. The van der Waals surface area contributed by atoms with Crippen LogP contribution in [0.25, 0.3) is 0 Å². The van der Waals surface area contributed by atoms with Crippen molar-refractivity contribution >= 4 is 17.5 Å². The van der Waals surface area contributed by atoms with E-state index in [1.165, 1.54) is 23.1 Å². The van der Waals surface area contributed by atoms with E-state index in [2.05, 4.69) is 0 Å². The Bertz CT molecular complexity index is 411. The molecule has 1 amide bonds. The smallest absolute Gasteiger partial charge is 0.256 e. The average Bonchev–Trinajstić information content (AvgIpc) is 2.31. The van der Waals surface area contributed by atoms with Crippen molar-refractivity contribution in [3.8, 4) is 0 Å². The van der Waals surface area contributed by atoms with Gasteiger partial charge < -0.3 is 10.6 Å². The predicted molar refractivity (Wildman–Crippen MR) is 66.6 cm³/mol. The molecule has 0 saturated heterocycles. The molecular formula is C12H16ClFN2O. The van der Waals surface area contributed by atoms with Crippen molar-refractivity contribution in [2.75, 3.05) is 20.1 Å². The summed E-state index contributed by atoms with van der Waals surface area (Å²) in [5.41, 5.74) is 5.47. The molecule has 3 nitrogen and oxygen atoms in total. The Morgan fingerprint density at radius 3 is 2.82 bits per heavy atom. The van der Waals surface area contributed by atoms with Crippen LogP contribution < -0.4 is 5.73 Å². The Morgan fingerprint density at radius 1 is 1.59 bits per heavy atom. The average molecular weight is 259 g/mol. The molecule has 1 aromatic carbocycles. The van der Waals surface area contributed by atoms with Crippen LogP contribution in [0.4, 0.5) is 4.39 Å². The second-order valence-electron chi connectivity index (χ2n) is 4.15. The van der Waals surface area contributed by atoms with Crippen LogP contribution in [0, 0.1) is 11.7 Å². The number of amides is 1. The second kappa shape index (κ2) is 5.98. The van der Waals surface area contributed by atoms with Gasteiger partial charge >= 0.3 is 0 Å². The highest BCUT2D eigenvalue weighted by Gasteiger charge is 2.17. The molecule has 1 rings (SSSR count). The van der Waals surface area contributed by atoms with E-state index in [4.69, 9.17) is 17.3 Å². The van der Waals surface area contributed by atoms with Gasteiger partial charge in [0.25, 0.3) is 5.91 Å². The lowest BCUT2D eigenvalue weighted by Crippen LogP contribution is -2.33. The summed E-state index contributed by atoms with van der Waals surface area (Å²) in [6, 6.07) is 3.94. The van der Waals surface area contributed by atoms with E-state index >= 15 is 0 Å². The first-order valence-electron chi connectivity index (χ1n) is 5.36. The molecule has 1 aromatic rings. The first-order chi connectivity index (χ1) is 7.95. The van der Waals surface area contributed by atoms with Gasteiger partial charge in [0.1, 0.15) is 5.82 Å². The number of benzene rings is 1. The number of nitrogens with two attached hydrogens (primary N) is 1. The highest BCUT2D eigenvalue weighted by molar-refractivity contribution is 6.30. The molecule has 1 atom stereocenters. The molecule has 1 unspecified atom stereocenters. The Labute approximate surface area is 105 Å². The summed E-state index contributed by atoms with van der Waals surface area (Å²) in [6.07, 6.45) is 0. The zero-order valence-corrected chi connectivity index (χ0v) is 10.7.